The van der Waals surface area contributed by atoms with Crippen molar-refractivity contribution < 1.29 is 19.5 Å². The lowest BCUT2D eigenvalue weighted by Gasteiger charge is -2.23. The van der Waals surface area contributed by atoms with Crippen LogP contribution in [0.3, 0.4) is 0 Å². The monoisotopic (exact) mass is 398 g/mol. The van der Waals surface area contributed by atoms with Crippen LogP contribution in [0.2, 0.25) is 0 Å². The van der Waals surface area contributed by atoms with Crippen molar-refractivity contribution in [3.63, 3.8) is 0 Å². The first kappa shape index (κ1) is 19.4. The average Bonchev–Trinajstić information content (AvgIpc) is 3.43. The summed E-state index contributed by atoms with van der Waals surface area (Å²) in [5.74, 6) is -0.344. The molecule has 0 radical (unpaired) electrons. The minimum atomic E-state index is -0.662. The zero-order valence-corrected chi connectivity index (χ0v) is 16.3. The van der Waals surface area contributed by atoms with Crippen molar-refractivity contribution in [3.8, 4) is 0 Å². The van der Waals surface area contributed by atoms with E-state index in [0.717, 1.165) is 29.3 Å². The number of hydrogen-bond acceptors (Lipinski definition) is 4. The van der Waals surface area contributed by atoms with Crippen molar-refractivity contribution in [2.45, 2.75) is 44.2 Å². The minimum Gasteiger partial charge on any atom is -0.394 e. The van der Waals surface area contributed by atoms with Crippen LogP contribution in [0.4, 0.5) is 4.79 Å². The molecule has 8 nitrogen and oxygen atoms in total. The second-order valence-corrected chi connectivity index (χ2v) is 7.71. The molecule has 2 aliphatic heterocycles. The molecule has 3 N–H and O–H groups in total. The van der Waals surface area contributed by atoms with Crippen LogP contribution in [0.1, 0.15) is 31.2 Å². The summed E-state index contributed by atoms with van der Waals surface area (Å²) in [5, 5.41) is 13.2. The summed E-state index contributed by atoms with van der Waals surface area (Å²) in [6.45, 7) is 0.911. The number of hydrogen-bond donors (Lipinski definition) is 3. The van der Waals surface area contributed by atoms with Gasteiger partial charge in [0.2, 0.25) is 5.91 Å². The van der Waals surface area contributed by atoms with E-state index in [1.54, 1.807) is 4.90 Å². The number of aromatic nitrogens is 1. The third-order valence-electron chi connectivity index (χ3n) is 5.94. The van der Waals surface area contributed by atoms with E-state index < -0.39 is 12.1 Å². The fourth-order valence-electron chi connectivity index (χ4n) is 4.32. The highest BCUT2D eigenvalue weighted by atomic mass is 16.3. The zero-order chi connectivity index (χ0) is 20.4. The van der Waals surface area contributed by atoms with Crippen LogP contribution < -0.4 is 5.32 Å². The number of carbonyl (C=O) groups excluding carboxylic acids is 3. The van der Waals surface area contributed by atoms with E-state index in [2.05, 4.69) is 10.3 Å². The number of para-hydroxylation sites is 1. The molecule has 2 saturated heterocycles. The number of imide groups is 1. The maximum Gasteiger partial charge on any atom is 0.324 e. The highest BCUT2D eigenvalue weighted by molar-refractivity contribution is 6.04. The number of nitrogens with one attached hydrogen (secondary N) is 2. The molecule has 3 heterocycles. The molecule has 1 aromatic heterocycles. The van der Waals surface area contributed by atoms with E-state index in [9.17, 15) is 19.5 Å². The van der Waals surface area contributed by atoms with E-state index in [0.29, 0.717) is 19.5 Å². The van der Waals surface area contributed by atoms with Gasteiger partial charge in [-0.3, -0.25) is 14.5 Å². The molecule has 2 atom stereocenters. The molecule has 8 heteroatoms. The molecule has 2 aromatic rings. The summed E-state index contributed by atoms with van der Waals surface area (Å²) in [4.78, 5) is 43.5. The van der Waals surface area contributed by atoms with Gasteiger partial charge in [0.1, 0.15) is 6.04 Å². The molecule has 29 heavy (non-hydrogen) atoms. The van der Waals surface area contributed by atoms with Crippen molar-refractivity contribution in [2.24, 2.45) is 0 Å². The van der Waals surface area contributed by atoms with Gasteiger partial charge in [-0.15, -0.1) is 0 Å². The van der Waals surface area contributed by atoms with Crippen LogP contribution in [-0.2, 0) is 16.0 Å². The van der Waals surface area contributed by atoms with Crippen LogP contribution in [0.5, 0.6) is 0 Å². The molecule has 2 fully saturated rings. The van der Waals surface area contributed by atoms with Crippen LogP contribution in [0.15, 0.2) is 30.5 Å². The molecule has 1 aromatic carbocycles. The Morgan fingerprint density at radius 2 is 2.07 bits per heavy atom. The Balaban J connectivity index is 1.32. The van der Waals surface area contributed by atoms with Crippen molar-refractivity contribution >= 4 is 28.7 Å². The zero-order valence-electron chi connectivity index (χ0n) is 16.3. The quantitative estimate of drug-likeness (QED) is 0.613. The normalized spacial score (nSPS) is 22.0. The summed E-state index contributed by atoms with van der Waals surface area (Å²) in [6, 6.07) is 6.73. The van der Waals surface area contributed by atoms with E-state index in [4.69, 9.17) is 0 Å². The molecule has 154 valence electrons. The minimum absolute atomic E-state index is 0.0353. The molecule has 4 rings (SSSR count). The Kier molecular flexibility index (Phi) is 5.53. The first-order valence-corrected chi connectivity index (χ1v) is 10.2. The number of benzene rings is 1. The largest absolute Gasteiger partial charge is 0.394 e. The number of amides is 4. The number of H-pyrrole nitrogens is 1. The third kappa shape index (κ3) is 3.85. The maximum absolute atomic E-state index is 12.7. The number of urea groups is 1. The summed E-state index contributed by atoms with van der Waals surface area (Å²) in [6.07, 6.45) is 4.64. The molecular weight excluding hydrogens is 372 g/mol. The van der Waals surface area contributed by atoms with Crippen LogP contribution >= 0.6 is 0 Å². The topological polar surface area (TPSA) is 106 Å². The SMILES string of the molecule is O=C1N[C@@H](CCC(=O)N2CCC[C@H]2CO)C(=O)N1CCc1c[nH]c2ccccc12. The van der Waals surface area contributed by atoms with Gasteiger partial charge in [-0.25, -0.2) is 4.79 Å². The first-order chi connectivity index (χ1) is 14.1. The molecule has 2 aliphatic rings. The van der Waals surface area contributed by atoms with Crippen molar-refractivity contribution in [2.75, 3.05) is 19.7 Å². The second-order valence-electron chi connectivity index (χ2n) is 7.71. The predicted molar refractivity (Wildman–Crippen MR) is 107 cm³/mol. The fraction of sp³-hybridized carbons (Fsp3) is 0.476. The predicted octanol–water partition coefficient (Wildman–Crippen LogP) is 1.39. The number of nitrogens with zero attached hydrogens (tertiary/aromatic N) is 2. The highest BCUT2D eigenvalue weighted by Gasteiger charge is 2.38. The van der Waals surface area contributed by atoms with Gasteiger partial charge in [0, 0.05) is 36.6 Å². The van der Waals surface area contributed by atoms with Crippen LogP contribution in [-0.4, -0.2) is 69.5 Å². The molecule has 0 saturated carbocycles. The summed E-state index contributed by atoms with van der Waals surface area (Å²) < 4.78 is 0. The van der Waals surface area contributed by atoms with Gasteiger partial charge >= 0.3 is 6.03 Å². The van der Waals surface area contributed by atoms with Gasteiger partial charge in [0.15, 0.2) is 0 Å². The average molecular weight is 398 g/mol. The fourth-order valence-corrected chi connectivity index (χ4v) is 4.32. The van der Waals surface area contributed by atoms with Crippen molar-refractivity contribution in [1.82, 2.24) is 20.1 Å². The van der Waals surface area contributed by atoms with E-state index in [1.807, 2.05) is 30.5 Å². The van der Waals surface area contributed by atoms with Gasteiger partial charge in [-0.1, -0.05) is 18.2 Å². The highest BCUT2D eigenvalue weighted by Crippen LogP contribution is 2.21. The molecule has 0 spiro atoms. The van der Waals surface area contributed by atoms with Crippen LogP contribution in [0, 0.1) is 0 Å². The number of carbonyl (C=O) groups is 3. The summed E-state index contributed by atoms with van der Waals surface area (Å²) in [5.41, 5.74) is 2.09. The smallest absolute Gasteiger partial charge is 0.324 e. The Bertz CT molecular complexity index is 924. The third-order valence-corrected chi connectivity index (χ3v) is 5.94. The van der Waals surface area contributed by atoms with Crippen LogP contribution in [0.25, 0.3) is 10.9 Å². The van der Waals surface area contributed by atoms with E-state index in [-0.39, 0.29) is 37.3 Å². The summed E-state index contributed by atoms with van der Waals surface area (Å²) in [7, 11) is 0. The van der Waals surface area contributed by atoms with Gasteiger partial charge in [0.05, 0.1) is 12.6 Å². The first-order valence-electron chi connectivity index (χ1n) is 10.2. The van der Waals surface area contributed by atoms with Gasteiger partial charge in [-0.2, -0.15) is 0 Å². The number of likely N-dealkylation sites (tertiary alicyclic amines) is 1. The Morgan fingerprint density at radius 1 is 1.24 bits per heavy atom. The molecule has 0 aliphatic carbocycles. The Labute approximate surface area is 168 Å². The Morgan fingerprint density at radius 3 is 2.90 bits per heavy atom. The van der Waals surface area contributed by atoms with Crippen molar-refractivity contribution in [1.29, 1.82) is 0 Å². The molecular formula is C21H26N4O4. The van der Waals surface area contributed by atoms with Gasteiger partial charge in [0.25, 0.3) is 5.91 Å². The summed E-state index contributed by atoms with van der Waals surface area (Å²) >= 11 is 0. The molecule has 0 bridgehead atoms. The van der Waals surface area contributed by atoms with Gasteiger partial charge in [-0.05, 0) is 37.3 Å². The number of aliphatic hydroxyl groups is 1. The lowest BCUT2D eigenvalue weighted by Crippen LogP contribution is -2.39. The standard InChI is InChI=1S/C21H26N4O4/c26-13-15-4-3-10-24(15)19(27)8-7-18-20(28)25(21(29)23-18)11-9-14-12-22-17-6-2-1-5-16(14)17/h1-2,5-6,12,15,18,22,26H,3-4,7-11,13H2,(H,23,29)/t15-,18-/m0/s1. The van der Waals surface area contributed by atoms with Crippen molar-refractivity contribution in [3.05, 3.63) is 36.0 Å². The van der Waals surface area contributed by atoms with E-state index in [1.165, 1.54) is 4.90 Å². The number of rotatable bonds is 7. The number of fused-ring (bicyclic) bond motifs is 1. The second kappa shape index (κ2) is 8.24. The number of aliphatic hydroxyl groups excluding tert-OH is 1. The number of aromatic amines is 1. The van der Waals surface area contributed by atoms with E-state index >= 15 is 0 Å². The molecule has 4 amide bonds. The molecule has 0 unspecified atom stereocenters. The lowest BCUT2D eigenvalue weighted by atomic mass is 10.1. The lowest BCUT2D eigenvalue weighted by molar-refractivity contribution is -0.133. The maximum atomic E-state index is 12.7. The Hall–Kier alpha value is -2.87. The van der Waals surface area contributed by atoms with Gasteiger partial charge < -0.3 is 20.3 Å².